The van der Waals surface area contributed by atoms with Gasteiger partial charge in [-0.05, 0) is 25.3 Å². The smallest absolute Gasteiger partial charge is 0.144 e. The summed E-state index contributed by atoms with van der Waals surface area (Å²) >= 11 is 1.61. The molecule has 0 unspecified atom stereocenters. The van der Waals surface area contributed by atoms with E-state index in [4.69, 9.17) is 4.74 Å². The van der Waals surface area contributed by atoms with Gasteiger partial charge in [0, 0.05) is 35.0 Å². The second-order valence-corrected chi connectivity index (χ2v) is 5.55. The van der Waals surface area contributed by atoms with Crippen molar-refractivity contribution >= 4 is 17.1 Å². The van der Waals surface area contributed by atoms with E-state index in [9.17, 15) is 4.79 Å². The number of hydrogen-bond donors (Lipinski definition) is 0. The Morgan fingerprint density at radius 1 is 1.37 bits per heavy atom. The average Bonchev–Trinajstić information content (AvgIpc) is 2.86. The van der Waals surface area contributed by atoms with Gasteiger partial charge in [0.2, 0.25) is 0 Å². The van der Waals surface area contributed by atoms with Gasteiger partial charge in [-0.2, -0.15) is 0 Å². The van der Waals surface area contributed by atoms with Crippen LogP contribution in [0.2, 0.25) is 0 Å². The molecule has 0 aliphatic carbocycles. The van der Waals surface area contributed by atoms with Crippen LogP contribution in [0.5, 0.6) is 5.75 Å². The summed E-state index contributed by atoms with van der Waals surface area (Å²) in [5, 5.41) is 1.99. The molecule has 2 aromatic rings. The highest BCUT2D eigenvalue weighted by Gasteiger charge is 2.13. The monoisotopic (exact) mass is 275 g/mol. The van der Waals surface area contributed by atoms with Crippen molar-refractivity contribution in [3.63, 3.8) is 0 Å². The van der Waals surface area contributed by atoms with Gasteiger partial charge >= 0.3 is 0 Å². The number of aromatic nitrogens is 1. The topological polar surface area (TPSA) is 39.2 Å². The van der Waals surface area contributed by atoms with Gasteiger partial charge in [-0.1, -0.05) is 6.07 Å². The summed E-state index contributed by atoms with van der Waals surface area (Å²) in [5.41, 5.74) is 2.76. The van der Waals surface area contributed by atoms with E-state index in [1.165, 1.54) is 0 Å². The van der Waals surface area contributed by atoms with Crippen molar-refractivity contribution < 1.29 is 9.53 Å². The molecule has 2 rings (SSSR count). The molecule has 0 aliphatic heterocycles. The molecule has 2 heterocycles. The van der Waals surface area contributed by atoms with Crippen LogP contribution < -0.4 is 4.74 Å². The number of hydrogen-bond acceptors (Lipinski definition) is 4. The van der Waals surface area contributed by atoms with Crippen LogP contribution in [-0.4, -0.2) is 17.9 Å². The highest BCUT2D eigenvalue weighted by molar-refractivity contribution is 7.10. The van der Waals surface area contributed by atoms with Crippen molar-refractivity contribution in [2.75, 3.05) is 7.11 Å². The normalized spacial score (nSPS) is 10.5. The van der Waals surface area contributed by atoms with Gasteiger partial charge in [0.05, 0.1) is 12.8 Å². The van der Waals surface area contributed by atoms with E-state index in [-0.39, 0.29) is 5.78 Å². The van der Waals surface area contributed by atoms with E-state index in [1.807, 2.05) is 31.4 Å². The fraction of sp³-hybridized carbons (Fsp3) is 0.333. The molecule has 100 valence electrons. The van der Waals surface area contributed by atoms with Crippen LogP contribution in [0.3, 0.4) is 0 Å². The number of pyridine rings is 1. The lowest BCUT2D eigenvalue weighted by Crippen LogP contribution is -2.09. The van der Waals surface area contributed by atoms with Crippen LogP contribution >= 0.6 is 11.3 Å². The molecule has 0 atom stereocenters. The molecular formula is C15H17NO2S. The number of Topliss-reactive ketones (excluding diaryl/α,β-unsaturated/α-hetero) is 1. The third-order valence-corrected chi connectivity index (χ3v) is 3.94. The number of nitrogens with zero attached hydrogens (tertiary/aromatic N) is 1. The minimum Gasteiger partial charge on any atom is -0.496 e. The van der Waals surface area contributed by atoms with Gasteiger partial charge in [0.25, 0.3) is 0 Å². The third kappa shape index (κ3) is 3.20. The minimum atomic E-state index is 0.184. The highest BCUT2D eigenvalue weighted by atomic mass is 32.1. The summed E-state index contributed by atoms with van der Waals surface area (Å²) in [6.45, 7) is 3.91. The first-order valence-electron chi connectivity index (χ1n) is 6.15. The van der Waals surface area contributed by atoms with Gasteiger partial charge < -0.3 is 4.74 Å². The Labute approximate surface area is 117 Å². The van der Waals surface area contributed by atoms with Gasteiger partial charge in [-0.3, -0.25) is 9.78 Å². The van der Waals surface area contributed by atoms with Gasteiger partial charge in [-0.15, -0.1) is 11.3 Å². The number of aryl methyl sites for hydroxylation is 1. The van der Waals surface area contributed by atoms with E-state index in [0.29, 0.717) is 12.8 Å². The molecule has 0 N–H and O–H groups in total. The number of carbonyl (C=O) groups is 1. The zero-order chi connectivity index (χ0) is 13.8. The fourth-order valence-electron chi connectivity index (χ4n) is 2.11. The third-order valence-electron chi connectivity index (χ3n) is 3.07. The fourth-order valence-corrected chi connectivity index (χ4v) is 2.84. The first-order chi connectivity index (χ1) is 9.11. The molecule has 0 bridgehead atoms. The maximum absolute atomic E-state index is 12.0. The van der Waals surface area contributed by atoms with Gasteiger partial charge in [0.1, 0.15) is 11.5 Å². The van der Waals surface area contributed by atoms with Crippen molar-refractivity contribution in [3.05, 3.63) is 45.4 Å². The Morgan fingerprint density at radius 3 is 2.79 bits per heavy atom. The Balaban J connectivity index is 2.13. The van der Waals surface area contributed by atoms with Crippen molar-refractivity contribution in [1.82, 2.24) is 4.98 Å². The molecule has 19 heavy (non-hydrogen) atoms. The number of methoxy groups -OCH3 is 1. The number of ether oxygens (including phenoxy) is 1. The molecule has 4 heteroatoms. The Hall–Kier alpha value is -1.68. The standard InChI is InChI=1S/C15H17NO2S/c1-10-9-16-14(11(2)15(10)18-3)8-12(17)7-13-5-4-6-19-13/h4-6,9H,7-8H2,1-3H3. The molecular weight excluding hydrogens is 258 g/mol. The maximum Gasteiger partial charge on any atom is 0.144 e. The van der Waals surface area contributed by atoms with Crippen LogP contribution in [0.25, 0.3) is 0 Å². The summed E-state index contributed by atoms with van der Waals surface area (Å²) in [4.78, 5) is 17.5. The summed E-state index contributed by atoms with van der Waals surface area (Å²) < 4.78 is 5.35. The van der Waals surface area contributed by atoms with Crippen LogP contribution in [-0.2, 0) is 17.6 Å². The van der Waals surface area contributed by atoms with Crippen LogP contribution in [0.1, 0.15) is 21.7 Å². The number of ketones is 1. The summed E-state index contributed by atoms with van der Waals surface area (Å²) in [6, 6.07) is 3.95. The summed E-state index contributed by atoms with van der Waals surface area (Å²) in [7, 11) is 1.65. The largest absolute Gasteiger partial charge is 0.496 e. The van der Waals surface area contributed by atoms with Crippen molar-refractivity contribution in [3.8, 4) is 5.75 Å². The van der Waals surface area contributed by atoms with E-state index in [0.717, 1.165) is 27.4 Å². The van der Waals surface area contributed by atoms with E-state index >= 15 is 0 Å². The van der Waals surface area contributed by atoms with E-state index < -0.39 is 0 Å². The predicted octanol–water partition coefficient (Wildman–Crippen LogP) is 3.12. The molecule has 0 spiro atoms. The lowest BCUT2D eigenvalue weighted by molar-refractivity contribution is -0.117. The Kier molecular flexibility index (Phi) is 4.32. The molecule has 0 fully saturated rings. The number of carbonyl (C=O) groups excluding carboxylic acids is 1. The molecule has 0 saturated heterocycles. The van der Waals surface area contributed by atoms with E-state index in [2.05, 4.69) is 4.98 Å². The first kappa shape index (κ1) is 13.7. The first-order valence-corrected chi connectivity index (χ1v) is 7.03. The van der Waals surface area contributed by atoms with Crippen LogP contribution in [0, 0.1) is 13.8 Å². The van der Waals surface area contributed by atoms with Crippen molar-refractivity contribution in [2.24, 2.45) is 0 Å². The predicted molar refractivity (Wildman–Crippen MR) is 77.0 cm³/mol. The number of thiophene rings is 1. The minimum absolute atomic E-state index is 0.184. The molecule has 0 aromatic carbocycles. The molecule has 0 saturated carbocycles. The molecule has 0 amide bonds. The van der Waals surface area contributed by atoms with Gasteiger partial charge in [0.15, 0.2) is 0 Å². The van der Waals surface area contributed by atoms with Crippen molar-refractivity contribution in [2.45, 2.75) is 26.7 Å². The summed E-state index contributed by atoms with van der Waals surface area (Å²) in [5.74, 6) is 1.01. The van der Waals surface area contributed by atoms with Gasteiger partial charge in [-0.25, -0.2) is 0 Å². The lowest BCUT2D eigenvalue weighted by atomic mass is 10.0. The molecule has 3 nitrogen and oxygen atoms in total. The maximum atomic E-state index is 12.0. The van der Waals surface area contributed by atoms with Crippen LogP contribution in [0.4, 0.5) is 0 Å². The number of rotatable bonds is 5. The van der Waals surface area contributed by atoms with E-state index in [1.54, 1.807) is 24.6 Å². The average molecular weight is 275 g/mol. The quantitative estimate of drug-likeness (QED) is 0.841. The second kappa shape index (κ2) is 5.97. The summed E-state index contributed by atoms with van der Waals surface area (Å²) in [6.07, 6.45) is 2.61. The SMILES string of the molecule is COc1c(C)cnc(CC(=O)Cc2cccs2)c1C. The van der Waals surface area contributed by atoms with Crippen LogP contribution in [0.15, 0.2) is 23.7 Å². The lowest BCUT2D eigenvalue weighted by Gasteiger charge is -2.11. The molecule has 2 aromatic heterocycles. The Morgan fingerprint density at radius 2 is 2.16 bits per heavy atom. The molecule has 0 radical (unpaired) electrons. The zero-order valence-corrected chi connectivity index (χ0v) is 12.2. The van der Waals surface area contributed by atoms with Crippen molar-refractivity contribution in [1.29, 1.82) is 0 Å². The highest BCUT2D eigenvalue weighted by Crippen LogP contribution is 2.24. The molecule has 0 aliphatic rings. The second-order valence-electron chi connectivity index (χ2n) is 4.52. The zero-order valence-electron chi connectivity index (χ0n) is 11.4. The Bertz CT molecular complexity index is 576.